The molecule has 1 aromatic heterocycles. The molecular weight excluding hydrogens is 221 g/mol. The first-order valence-electron chi connectivity index (χ1n) is 5.24. The number of nitrogens with zero attached hydrogens (tertiary/aromatic N) is 1. The summed E-state index contributed by atoms with van der Waals surface area (Å²) in [6.07, 6.45) is -2.26. The summed E-state index contributed by atoms with van der Waals surface area (Å²) in [6.45, 7) is 0.525. The molecule has 0 saturated heterocycles. The second-order valence-electron chi connectivity index (χ2n) is 4.01. The smallest absolute Gasteiger partial charge is 0.361 e. The molecule has 1 aromatic rings. The zero-order valence-electron chi connectivity index (χ0n) is 8.90. The van der Waals surface area contributed by atoms with E-state index in [0.29, 0.717) is 18.7 Å². The largest absolute Gasteiger partial charge is 0.437 e. The Morgan fingerprint density at radius 1 is 1.50 bits per heavy atom. The van der Waals surface area contributed by atoms with E-state index in [1.54, 1.807) is 7.05 Å². The van der Waals surface area contributed by atoms with Gasteiger partial charge in [0.1, 0.15) is 5.76 Å². The minimum Gasteiger partial charge on any atom is -0.361 e. The van der Waals surface area contributed by atoms with Gasteiger partial charge in [0, 0.05) is 24.4 Å². The van der Waals surface area contributed by atoms with Crippen LogP contribution in [0.2, 0.25) is 0 Å². The summed E-state index contributed by atoms with van der Waals surface area (Å²) in [5.41, 5.74) is -0.587. The first-order chi connectivity index (χ1) is 7.54. The van der Waals surface area contributed by atoms with Crippen LogP contribution in [0.15, 0.2) is 4.52 Å². The van der Waals surface area contributed by atoms with E-state index in [9.17, 15) is 13.2 Å². The van der Waals surface area contributed by atoms with E-state index in [4.69, 9.17) is 4.52 Å². The van der Waals surface area contributed by atoms with Crippen molar-refractivity contribution in [2.45, 2.75) is 31.4 Å². The highest BCUT2D eigenvalue weighted by Gasteiger charge is 2.42. The third-order valence-electron chi connectivity index (χ3n) is 2.89. The van der Waals surface area contributed by atoms with Gasteiger partial charge in [0.05, 0.1) is 0 Å². The number of halogens is 3. The molecule has 1 N–H and O–H groups in total. The molecule has 1 aliphatic rings. The molecule has 0 radical (unpaired) electrons. The lowest BCUT2D eigenvalue weighted by Gasteiger charge is -2.21. The van der Waals surface area contributed by atoms with Gasteiger partial charge in [-0.05, 0) is 19.9 Å². The quantitative estimate of drug-likeness (QED) is 0.853. The van der Waals surface area contributed by atoms with Gasteiger partial charge in [0.2, 0.25) is 0 Å². The van der Waals surface area contributed by atoms with Gasteiger partial charge in [-0.3, -0.25) is 0 Å². The van der Waals surface area contributed by atoms with E-state index in [-0.39, 0.29) is 11.5 Å². The van der Waals surface area contributed by atoms with Crippen LogP contribution in [-0.4, -0.2) is 18.7 Å². The topological polar surface area (TPSA) is 38.1 Å². The van der Waals surface area contributed by atoms with Crippen molar-refractivity contribution >= 4 is 0 Å². The number of fused-ring (bicyclic) bond motifs is 1. The Morgan fingerprint density at radius 3 is 2.88 bits per heavy atom. The molecule has 0 amide bonds. The first kappa shape index (κ1) is 11.4. The molecule has 3 nitrogen and oxygen atoms in total. The summed E-state index contributed by atoms with van der Waals surface area (Å²) < 4.78 is 42.8. The van der Waals surface area contributed by atoms with Crippen molar-refractivity contribution < 1.29 is 17.7 Å². The van der Waals surface area contributed by atoms with Crippen LogP contribution in [0.25, 0.3) is 0 Å². The molecule has 2 rings (SSSR count). The zero-order valence-corrected chi connectivity index (χ0v) is 8.90. The average molecular weight is 234 g/mol. The number of hydrogen-bond donors (Lipinski definition) is 1. The molecule has 0 aliphatic heterocycles. The Hall–Kier alpha value is -1.04. The summed E-state index contributed by atoms with van der Waals surface area (Å²) >= 11 is 0. The van der Waals surface area contributed by atoms with Gasteiger partial charge < -0.3 is 9.84 Å². The normalized spacial score (nSPS) is 20.9. The standard InChI is InChI=1S/C10H13F3N2O/c1-14-5-6-3-2-4-7-8(6)9(15-16-7)10(11,12)13/h6,14H,2-5H2,1H3. The highest BCUT2D eigenvalue weighted by Crippen LogP contribution is 2.40. The highest BCUT2D eigenvalue weighted by molar-refractivity contribution is 5.31. The number of rotatable bonds is 2. The van der Waals surface area contributed by atoms with Crippen LogP contribution in [-0.2, 0) is 12.6 Å². The van der Waals surface area contributed by atoms with Gasteiger partial charge in [-0.25, -0.2) is 0 Å². The van der Waals surface area contributed by atoms with Crippen LogP contribution in [0.3, 0.4) is 0 Å². The molecule has 6 heteroatoms. The summed E-state index contributed by atoms with van der Waals surface area (Å²) in [6, 6.07) is 0. The van der Waals surface area contributed by atoms with Gasteiger partial charge in [-0.15, -0.1) is 0 Å². The lowest BCUT2D eigenvalue weighted by atomic mass is 9.85. The van der Waals surface area contributed by atoms with E-state index in [1.807, 2.05) is 0 Å². The van der Waals surface area contributed by atoms with Crippen molar-refractivity contribution in [2.24, 2.45) is 0 Å². The predicted octanol–water partition coefficient (Wildman–Crippen LogP) is 2.33. The van der Waals surface area contributed by atoms with Crippen molar-refractivity contribution in [1.29, 1.82) is 0 Å². The van der Waals surface area contributed by atoms with E-state index in [0.717, 1.165) is 12.8 Å². The third kappa shape index (κ3) is 1.93. The fourth-order valence-corrected chi connectivity index (χ4v) is 2.24. The minimum atomic E-state index is -4.42. The number of aromatic nitrogens is 1. The van der Waals surface area contributed by atoms with Crippen molar-refractivity contribution in [2.75, 3.05) is 13.6 Å². The monoisotopic (exact) mass is 234 g/mol. The van der Waals surface area contributed by atoms with Crippen molar-refractivity contribution in [1.82, 2.24) is 10.5 Å². The Labute approximate surface area is 91.0 Å². The predicted molar refractivity (Wildman–Crippen MR) is 51.1 cm³/mol. The number of aryl methyl sites for hydroxylation is 1. The van der Waals surface area contributed by atoms with E-state index in [2.05, 4.69) is 10.5 Å². The molecule has 1 heterocycles. The molecule has 1 atom stereocenters. The van der Waals surface area contributed by atoms with Gasteiger partial charge in [-0.1, -0.05) is 5.16 Å². The maximum absolute atomic E-state index is 12.7. The Balaban J connectivity index is 2.40. The molecule has 0 bridgehead atoms. The van der Waals surface area contributed by atoms with Crippen LogP contribution >= 0.6 is 0 Å². The summed E-state index contributed by atoms with van der Waals surface area (Å²) in [5.74, 6) is 0.260. The lowest BCUT2D eigenvalue weighted by Crippen LogP contribution is -2.23. The first-order valence-corrected chi connectivity index (χ1v) is 5.24. The number of alkyl halides is 3. The van der Waals surface area contributed by atoms with Crippen LogP contribution in [0.5, 0.6) is 0 Å². The van der Waals surface area contributed by atoms with Gasteiger partial charge in [0.15, 0.2) is 5.69 Å². The van der Waals surface area contributed by atoms with E-state index in [1.165, 1.54) is 0 Å². The molecule has 0 saturated carbocycles. The molecule has 0 aromatic carbocycles. The number of hydrogen-bond acceptors (Lipinski definition) is 3. The number of likely N-dealkylation sites (N-methyl/N-ethyl adjacent to an activating group) is 1. The molecule has 90 valence electrons. The Morgan fingerprint density at radius 2 is 2.25 bits per heavy atom. The minimum absolute atomic E-state index is 0.142. The maximum atomic E-state index is 12.7. The van der Waals surface area contributed by atoms with Crippen molar-refractivity contribution in [3.05, 3.63) is 17.0 Å². The molecule has 1 aliphatic carbocycles. The maximum Gasteiger partial charge on any atom is 0.437 e. The fourth-order valence-electron chi connectivity index (χ4n) is 2.24. The van der Waals surface area contributed by atoms with Crippen LogP contribution in [0, 0.1) is 0 Å². The second kappa shape index (κ2) is 4.08. The molecule has 0 fully saturated rings. The lowest BCUT2D eigenvalue weighted by molar-refractivity contribution is -0.143. The SMILES string of the molecule is CNCC1CCCc2onc(C(F)(F)F)c21. The molecule has 16 heavy (non-hydrogen) atoms. The third-order valence-corrected chi connectivity index (χ3v) is 2.89. The van der Waals surface area contributed by atoms with Crippen LogP contribution in [0.1, 0.15) is 35.8 Å². The van der Waals surface area contributed by atoms with Crippen molar-refractivity contribution in [3.63, 3.8) is 0 Å². The average Bonchev–Trinajstić information content (AvgIpc) is 2.62. The summed E-state index contributed by atoms with van der Waals surface area (Å²) in [4.78, 5) is 0. The molecular formula is C10H13F3N2O. The molecule has 0 spiro atoms. The second-order valence-corrected chi connectivity index (χ2v) is 4.01. The van der Waals surface area contributed by atoms with Crippen molar-refractivity contribution in [3.8, 4) is 0 Å². The van der Waals surface area contributed by atoms with Crippen LogP contribution in [0.4, 0.5) is 13.2 Å². The Bertz CT molecular complexity index is 373. The molecule has 1 unspecified atom stereocenters. The van der Waals surface area contributed by atoms with Gasteiger partial charge in [0.25, 0.3) is 0 Å². The highest BCUT2D eigenvalue weighted by atomic mass is 19.4. The van der Waals surface area contributed by atoms with Gasteiger partial charge in [-0.2, -0.15) is 13.2 Å². The fraction of sp³-hybridized carbons (Fsp3) is 0.700. The van der Waals surface area contributed by atoms with Crippen LogP contribution < -0.4 is 5.32 Å². The van der Waals surface area contributed by atoms with Gasteiger partial charge >= 0.3 is 6.18 Å². The zero-order chi connectivity index (χ0) is 11.8. The van der Waals surface area contributed by atoms with E-state index >= 15 is 0 Å². The number of nitrogens with one attached hydrogen (secondary N) is 1. The summed E-state index contributed by atoms with van der Waals surface area (Å²) in [7, 11) is 1.73. The van der Waals surface area contributed by atoms with E-state index < -0.39 is 11.9 Å². The Kier molecular flexibility index (Phi) is 2.92. The summed E-state index contributed by atoms with van der Waals surface area (Å²) in [5, 5.41) is 6.08.